The molecule has 2 aromatic rings. The Bertz CT molecular complexity index is 566. The molecule has 2 rings (SSSR count). The van der Waals surface area contributed by atoms with E-state index >= 15 is 0 Å². The summed E-state index contributed by atoms with van der Waals surface area (Å²) in [6.07, 6.45) is 4.80. The van der Waals surface area contributed by atoms with Crippen LogP contribution in [0.5, 0.6) is 11.5 Å². The topological polar surface area (TPSA) is 59.3 Å². The molecular weight excluding hydrogens is 254 g/mol. The summed E-state index contributed by atoms with van der Waals surface area (Å²) in [7, 11) is 3.50. The molecule has 0 bridgehead atoms. The van der Waals surface area contributed by atoms with Crippen LogP contribution in [0.2, 0.25) is 0 Å². The summed E-state index contributed by atoms with van der Waals surface area (Å²) in [6.45, 7) is 2.86. The Morgan fingerprint density at radius 3 is 2.85 bits per heavy atom. The van der Waals surface area contributed by atoms with Crippen LogP contribution in [0.15, 0.2) is 30.6 Å². The first kappa shape index (κ1) is 14.4. The minimum Gasteiger partial charge on any atom is -0.507 e. The summed E-state index contributed by atoms with van der Waals surface area (Å²) in [5, 5.41) is 17.5. The van der Waals surface area contributed by atoms with E-state index in [9.17, 15) is 5.11 Å². The number of rotatable bonds is 6. The first-order chi connectivity index (χ1) is 9.60. The molecule has 2 N–H and O–H groups in total. The van der Waals surface area contributed by atoms with Gasteiger partial charge in [0.15, 0.2) is 0 Å². The molecular formula is C15H21N3O2. The van der Waals surface area contributed by atoms with Crippen LogP contribution in [0.1, 0.15) is 24.1 Å². The molecule has 0 aliphatic rings. The van der Waals surface area contributed by atoms with Gasteiger partial charge in [-0.25, -0.2) is 0 Å². The minimum atomic E-state index is 0.0811. The molecule has 0 radical (unpaired) electrons. The van der Waals surface area contributed by atoms with E-state index in [1.54, 1.807) is 17.9 Å². The highest BCUT2D eigenvalue weighted by atomic mass is 16.5. The highest BCUT2D eigenvalue weighted by molar-refractivity contribution is 5.41. The molecule has 5 heteroatoms. The molecule has 1 unspecified atom stereocenters. The van der Waals surface area contributed by atoms with Crippen LogP contribution in [-0.4, -0.2) is 28.5 Å². The van der Waals surface area contributed by atoms with Gasteiger partial charge in [0.05, 0.1) is 13.3 Å². The number of aryl methyl sites for hydroxylation is 1. The molecule has 0 spiro atoms. The predicted molar refractivity (Wildman–Crippen MR) is 78.0 cm³/mol. The number of hydrogen-bond acceptors (Lipinski definition) is 4. The van der Waals surface area contributed by atoms with E-state index in [1.165, 1.54) is 5.56 Å². The summed E-state index contributed by atoms with van der Waals surface area (Å²) in [6, 6.07) is 5.45. The SMILES string of the molecule is COc1ccc(C(C)NCCc2cnn(C)c2)c(O)c1. The molecule has 1 atom stereocenters. The number of hydrogen-bond donors (Lipinski definition) is 2. The molecule has 0 aliphatic carbocycles. The third-order valence-electron chi connectivity index (χ3n) is 3.33. The average Bonchev–Trinajstić information content (AvgIpc) is 2.84. The number of methoxy groups -OCH3 is 1. The molecule has 0 fully saturated rings. The lowest BCUT2D eigenvalue weighted by atomic mass is 10.1. The maximum absolute atomic E-state index is 9.98. The van der Waals surface area contributed by atoms with Gasteiger partial charge in [0, 0.05) is 30.9 Å². The van der Waals surface area contributed by atoms with E-state index < -0.39 is 0 Å². The van der Waals surface area contributed by atoms with E-state index in [0.29, 0.717) is 5.75 Å². The Morgan fingerprint density at radius 1 is 1.45 bits per heavy atom. The van der Waals surface area contributed by atoms with E-state index in [0.717, 1.165) is 18.5 Å². The molecule has 20 heavy (non-hydrogen) atoms. The summed E-state index contributed by atoms with van der Waals surface area (Å²) in [4.78, 5) is 0. The van der Waals surface area contributed by atoms with Crippen molar-refractivity contribution in [3.05, 3.63) is 41.7 Å². The standard InChI is InChI=1S/C15H21N3O2/c1-11(14-5-4-13(20-3)8-15(14)19)16-7-6-12-9-17-18(2)10-12/h4-5,8-11,16,19H,6-7H2,1-3H3. The number of phenolic OH excluding ortho intramolecular Hbond substituents is 1. The van der Waals surface area contributed by atoms with Gasteiger partial charge in [-0.05, 0) is 31.5 Å². The van der Waals surface area contributed by atoms with Crippen molar-refractivity contribution in [1.82, 2.24) is 15.1 Å². The Balaban J connectivity index is 1.89. The third kappa shape index (κ3) is 3.51. The molecule has 0 aliphatic heterocycles. The monoisotopic (exact) mass is 275 g/mol. The zero-order valence-corrected chi connectivity index (χ0v) is 12.1. The molecule has 0 saturated carbocycles. The van der Waals surface area contributed by atoms with Crippen LogP contribution in [-0.2, 0) is 13.5 Å². The molecule has 0 saturated heterocycles. The lowest BCUT2D eigenvalue weighted by molar-refractivity contribution is 0.404. The first-order valence-corrected chi connectivity index (χ1v) is 6.68. The second kappa shape index (κ2) is 6.43. The van der Waals surface area contributed by atoms with Gasteiger partial charge in [-0.3, -0.25) is 4.68 Å². The first-order valence-electron chi connectivity index (χ1n) is 6.68. The zero-order valence-electron chi connectivity index (χ0n) is 12.1. The van der Waals surface area contributed by atoms with E-state index in [4.69, 9.17) is 4.74 Å². The maximum Gasteiger partial charge on any atom is 0.124 e. The van der Waals surface area contributed by atoms with Gasteiger partial charge in [-0.2, -0.15) is 5.10 Å². The summed E-state index contributed by atoms with van der Waals surface area (Å²) in [5.41, 5.74) is 2.07. The predicted octanol–water partition coefficient (Wildman–Crippen LogP) is 2.03. The molecule has 1 aromatic heterocycles. The smallest absolute Gasteiger partial charge is 0.124 e. The molecule has 1 aromatic carbocycles. The van der Waals surface area contributed by atoms with Crippen molar-refractivity contribution < 1.29 is 9.84 Å². The van der Waals surface area contributed by atoms with Gasteiger partial charge >= 0.3 is 0 Å². The maximum atomic E-state index is 9.98. The van der Waals surface area contributed by atoms with Crippen molar-refractivity contribution in [2.24, 2.45) is 7.05 Å². The van der Waals surface area contributed by atoms with Crippen molar-refractivity contribution in [1.29, 1.82) is 0 Å². The van der Waals surface area contributed by atoms with Gasteiger partial charge < -0.3 is 15.2 Å². The number of benzene rings is 1. The van der Waals surface area contributed by atoms with Crippen molar-refractivity contribution in [2.75, 3.05) is 13.7 Å². The van der Waals surface area contributed by atoms with Crippen LogP contribution in [0.4, 0.5) is 0 Å². The van der Waals surface area contributed by atoms with E-state index in [2.05, 4.69) is 10.4 Å². The third-order valence-corrected chi connectivity index (χ3v) is 3.33. The van der Waals surface area contributed by atoms with Crippen molar-refractivity contribution in [3.8, 4) is 11.5 Å². The fourth-order valence-electron chi connectivity index (χ4n) is 2.16. The molecule has 5 nitrogen and oxygen atoms in total. The zero-order chi connectivity index (χ0) is 14.5. The number of aromatic hydroxyl groups is 1. The number of aromatic nitrogens is 2. The van der Waals surface area contributed by atoms with Gasteiger partial charge in [0.1, 0.15) is 11.5 Å². The Kier molecular flexibility index (Phi) is 4.63. The largest absolute Gasteiger partial charge is 0.507 e. The van der Waals surface area contributed by atoms with Crippen LogP contribution in [0, 0.1) is 0 Å². The number of nitrogens with one attached hydrogen (secondary N) is 1. The molecule has 1 heterocycles. The fraction of sp³-hybridized carbons (Fsp3) is 0.400. The van der Waals surface area contributed by atoms with Crippen LogP contribution in [0.25, 0.3) is 0 Å². The van der Waals surface area contributed by atoms with Gasteiger partial charge in [-0.1, -0.05) is 6.07 Å². The van der Waals surface area contributed by atoms with Crippen molar-refractivity contribution in [3.63, 3.8) is 0 Å². The lowest BCUT2D eigenvalue weighted by Crippen LogP contribution is -2.21. The number of ether oxygens (including phenoxy) is 1. The molecule has 0 amide bonds. The normalized spacial score (nSPS) is 12.3. The second-order valence-corrected chi connectivity index (χ2v) is 4.87. The highest BCUT2D eigenvalue weighted by Crippen LogP contribution is 2.28. The second-order valence-electron chi connectivity index (χ2n) is 4.87. The van der Waals surface area contributed by atoms with Gasteiger partial charge in [0.25, 0.3) is 0 Å². The Hall–Kier alpha value is -2.01. The summed E-state index contributed by atoms with van der Waals surface area (Å²) >= 11 is 0. The Labute approximate surface area is 119 Å². The highest BCUT2D eigenvalue weighted by Gasteiger charge is 2.10. The number of nitrogens with zero attached hydrogens (tertiary/aromatic N) is 2. The number of phenols is 1. The van der Waals surface area contributed by atoms with E-state index in [1.807, 2.05) is 38.5 Å². The van der Waals surface area contributed by atoms with Crippen LogP contribution < -0.4 is 10.1 Å². The summed E-state index contributed by atoms with van der Waals surface area (Å²) in [5.74, 6) is 0.916. The average molecular weight is 275 g/mol. The van der Waals surface area contributed by atoms with Crippen LogP contribution >= 0.6 is 0 Å². The Morgan fingerprint density at radius 2 is 2.25 bits per heavy atom. The van der Waals surface area contributed by atoms with Crippen molar-refractivity contribution >= 4 is 0 Å². The fourth-order valence-corrected chi connectivity index (χ4v) is 2.16. The van der Waals surface area contributed by atoms with Crippen molar-refractivity contribution in [2.45, 2.75) is 19.4 Å². The van der Waals surface area contributed by atoms with Gasteiger partial charge in [0.2, 0.25) is 0 Å². The van der Waals surface area contributed by atoms with E-state index in [-0.39, 0.29) is 11.8 Å². The quantitative estimate of drug-likeness (QED) is 0.847. The minimum absolute atomic E-state index is 0.0811. The van der Waals surface area contributed by atoms with Crippen LogP contribution in [0.3, 0.4) is 0 Å². The molecule has 108 valence electrons. The van der Waals surface area contributed by atoms with Gasteiger partial charge in [-0.15, -0.1) is 0 Å². The lowest BCUT2D eigenvalue weighted by Gasteiger charge is -2.16. The summed E-state index contributed by atoms with van der Waals surface area (Å²) < 4.78 is 6.88.